The summed E-state index contributed by atoms with van der Waals surface area (Å²) in [4.78, 5) is 15.7. The van der Waals surface area contributed by atoms with Gasteiger partial charge in [0, 0.05) is 20.3 Å². The largest absolute Gasteiger partial charge is 0.475 e. The standard InChI is InChI=1S/C24H33N3O4S/c1-15(11-17-14-27(21(25-17)22(28)29)32(30,31)26(7)8)18-13-20-19(12-16(18)2)23(3,4)9-10-24(20,5)6/h11-14H,9-10H2,1-8H3,(H,28,29)/b15-11-. The first-order chi connectivity index (χ1) is 14.6. The molecule has 8 heteroatoms. The molecule has 0 spiro atoms. The molecule has 7 nitrogen and oxygen atoms in total. The van der Waals surface area contributed by atoms with Crippen LogP contribution in [0.5, 0.6) is 0 Å². The van der Waals surface area contributed by atoms with E-state index in [0.717, 1.165) is 33.8 Å². The maximum absolute atomic E-state index is 12.5. The average Bonchev–Trinajstić information content (AvgIpc) is 3.10. The predicted molar refractivity (Wildman–Crippen MR) is 127 cm³/mol. The second-order valence-electron chi connectivity index (χ2n) is 10.2. The van der Waals surface area contributed by atoms with Gasteiger partial charge >= 0.3 is 16.2 Å². The summed E-state index contributed by atoms with van der Waals surface area (Å²) in [6, 6.07) is 4.50. The van der Waals surface area contributed by atoms with E-state index >= 15 is 0 Å². The molecule has 32 heavy (non-hydrogen) atoms. The molecule has 1 aliphatic rings. The van der Waals surface area contributed by atoms with E-state index in [1.54, 1.807) is 6.08 Å². The van der Waals surface area contributed by atoms with Crippen LogP contribution >= 0.6 is 0 Å². The lowest BCUT2D eigenvalue weighted by Gasteiger charge is -2.42. The van der Waals surface area contributed by atoms with E-state index in [9.17, 15) is 18.3 Å². The number of benzene rings is 1. The molecule has 1 aromatic carbocycles. The fourth-order valence-electron chi connectivity index (χ4n) is 4.39. The minimum absolute atomic E-state index is 0.0609. The Balaban J connectivity index is 2.14. The van der Waals surface area contributed by atoms with Crippen LogP contribution in [-0.4, -0.2) is 46.9 Å². The van der Waals surface area contributed by atoms with Gasteiger partial charge in [0.25, 0.3) is 0 Å². The van der Waals surface area contributed by atoms with Gasteiger partial charge in [0.05, 0.1) is 5.69 Å². The maximum Gasteiger partial charge on any atom is 0.373 e. The van der Waals surface area contributed by atoms with Crippen molar-refractivity contribution in [2.45, 2.75) is 65.2 Å². The maximum atomic E-state index is 12.5. The quantitative estimate of drug-likeness (QED) is 0.713. The molecule has 1 heterocycles. The first-order valence-electron chi connectivity index (χ1n) is 10.7. The lowest BCUT2D eigenvalue weighted by molar-refractivity contribution is 0.0682. The zero-order valence-corrected chi connectivity index (χ0v) is 21.0. The van der Waals surface area contributed by atoms with Crippen LogP contribution in [0.25, 0.3) is 11.6 Å². The van der Waals surface area contributed by atoms with Crippen LogP contribution < -0.4 is 0 Å². The lowest BCUT2D eigenvalue weighted by Crippen LogP contribution is -2.34. The van der Waals surface area contributed by atoms with Gasteiger partial charge in [0.2, 0.25) is 5.82 Å². The molecular formula is C24H33N3O4S. The Morgan fingerprint density at radius 1 is 1.12 bits per heavy atom. The van der Waals surface area contributed by atoms with Crippen LogP contribution in [0.15, 0.2) is 18.3 Å². The number of hydrogen-bond donors (Lipinski definition) is 1. The van der Waals surface area contributed by atoms with Gasteiger partial charge in [-0.15, -0.1) is 0 Å². The number of rotatable bonds is 5. The Labute approximate surface area is 191 Å². The minimum Gasteiger partial charge on any atom is -0.475 e. The highest BCUT2D eigenvalue weighted by Gasteiger charge is 2.37. The topological polar surface area (TPSA) is 92.5 Å². The third kappa shape index (κ3) is 4.13. The summed E-state index contributed by atoms with van der Waals surface area (Å²) in [5.41, 5.74) is 6.23. The molecule has 1 aliphatic carbocycles. The fraction of sp³-hybridized carbons (Fsp3) is 0.500. The summed E-state index contributed by atoms with van der Waals surface area (Å²) in [5.74, 6) is -1.94. The molecule has 0 aliphatic heterocycles. The van der Waals surface area contributed by atoms with E-state index < -0.39 is 22.0 Å². The molecule has 0 amide bonds. The molecule has 1 aromatic heterocycles. The van der Waals surface area contributed by atoms with Gasteiger partial charge < -0.3 is 5.11 Å². The number of hydrogen-bond acceptors (Lipinski definition) is 4. The number of carbonyl (C=O) groups is 1. The van der Waals surface area contributed by atoms with Crippen molar-refractivity contribution >= 4 is 27.8 Å². The van der Waals surface area contributed by atoms with E-state index in [4.69, 9.17) is 0 Å². The molecule has 0 unspecified atom stereocenters. The van der Waals surface area contributed by atoms with Gasteiger partial charge in [0.15, 0.2) is 0 Å². The number of nitrogens with zero attached hydrogens (tertiary/aromatic N) is 3. The van der Waals surface area contributed by atoms with Crippen molar-refractivity contribution < 1.29 is 18.3 Å². The molecule has 0 saturated carbocycles. The molecule has 1 N–H and O–H groups in total. The van der Waals surface area contributed by atoms with Gasteiger partial charge in [-0.25, -0.2) is 13.8 Å². The Morgan fingerprint density at radius 2 is 1.66 bits per heavy atom. The summed E-state index contributed by atoms with van der Waals surface area (Å²) in [6.45, 7) is 13.1. The Morgan fingerprint density at radius 3 is 2.16 bits per heavy atom. The van der Waals surface area contributed by atoms with Crippen molar-refractivity contribution in [2.75, 3.05) is 14.1 Å². The van der Waals surface area contributed by atoms with Gasteiger partial charge in [-0.2, -0.15) is 12.7 Å². The summed E-state index contributed by atoms with van der Waals surface area (Å²) < 4.78 is 26.7. The summed E-state index contributed by atoms with van der Waals surface area (Å²) >= 11 is 0. The molecule has 0 atom stereocenters. The van der Waals surface area contributed by atoms with Crippen LogP contribution in [0.2, 0.25) is 0 Å². The number of aromatic nitrogens is 2. The van der Waals surface area contributed by atoms with Gasteiger partial charge in [-0.05, 0) is 71.4 Å². The van der Waals surface area contributed by atoms with Gasteiger partial charge in [-0.3, -0.25) is 0 Å². The monoisotopic (exact) mass is 459 g/mol. The fourth-order valence-corrected chi connectivity index (χ4v) is 5.32. The van der Waals surface area contributed by atoms with E-state index in [1.807, 2.05) is 6.92 Å². The smallest absolute Gasteiger partial charge is 0.373 e. The van der Waals surface area contributed by atoms with Crippen molar-refractivity contribution in [2.24, 2.45) is 0 Å². The van der Waals surface area contributed by atoms with E-state index in [-0.39, 0.29) is 16.5 Å². The zero-order chi connectivity index (χ0) is 24.2. The van der Waals surface area contributed by atoms with E-state index in [1.165, 1.54) is 31.4 Å². The van der Waals surface area contributed by atoms with Gasteiger partial charge in [0.1, 0.15) is 0 Å². The molecular weight excluding hydrogens is 426 g/mol. The van der Waals surface area contributed by atoms with Crippen LogP contribution in [-0.2, 0) is 21.0 Å². The normalized spacial score (nSPS) is 18.0. The minimum atomic E-state index is -4.00. The number of carboxylic acids is 1. The highest BCUT2D eigenvalue weighted by molar-refractivity contribution is 7.87. The molecule has 174 valence electrons. The average molecular weight is 460 g/mol. The molecule has 0 bridgehead atoms. The second kappa shape index (κ2) is 7.85. The highest BCUT2D eigenvalue weighted by Crippen LogP contribution is 2.47. The Kier molecular flexibility index (Phi) is 5.93. The van der Waals surface area contributed by atoms with Crippen LogP contribution in [0.1, 0.15) is 86.0 Å². The Hall–Kier alpha value is -2.45. The number of imidazole rings is 1. The van der Waals surface area contributed by atoms with E-state index in [0.29, 0.717) is 3.97 Å². The van der Waals surface area contributed by atoms with Crippen LogP contribution in [0.3, 0.4) is 0 Å². The predicted octanol–water partition coefficient (Wildman–Crippen LogP) is 4.45. The molecule has 3 rings (SSSR count). The van der Waals surface area contributed by atoms with Crippen LogP contribution in [0, 0.1) is 6.92 Å². The van der Waals surface area contributed by atoms with Crippen molar-refractivity contribution in [3.63, 3.8) is 0 Å². The summed E-state index contributed by atoms with van der Waals surface area (Å²) in [7, 11) is -1.31. The van der Waals surface area contributed by atoms with Crippen molar-refractivity contribution in [3.05, 3.63) is 52.1 Å². The van der Waals surface area contributed by atoms with Crippen molar-refractivity contribution in [1.82, 2.24) is 13.3 Å². The number of fused-ring (bicyclic) bond motifs is 1. The third-order valence-electron chi connectivity index (χ3n) is 6.58. The third-order valence-corrected chi connectivity index (χ3v) is 8.28. The second-order valence-corrected chi connectivity index (χ2v) is 12.2. The molecule has 0 saturated heterocycles. The first kappa shape index (κ1) is 24.2. The van der Waals surface area contributed by atoms with Gasteiger partial charge in [-0.1, -0.05) is 39.8 Å². The van der Waals surface area contributed by atoms with Crippen molar-refractivity contribution in [1.29, 1.82) is 0 Å². The lowest BCUT2D eigenvalue weighted by atomic mass is 9.62. The molecule has 0 fully saturated rings. The van der Waals surface area contributed by atoms with Crippen LogP contribution in [0.4, 0.5) is 0 Å². The zero-order valence-electron chi connectivity index (χ0n) is 20.1. The molecule has 2 aromatic rings. The summed E-state index contributed by atoms with van der Waals surface area (Å²) in [6.07, 6.45) is 5.23. The SMILES string of the molecule is C/C(=C/c1cn(S(=O)(=O)N(C)C)c(C(=O)O)n1)c1cc2c(cc1C)C(C)(C)CCC2(C)C. The number of allylic oxidation sites excluding steroid dienone is 1. The Bertz CT molecular complexity index is 1220. The first-order valence-corrected chi connectivity index (χ1v) is 12.1. The van der Waals surface area contributed by atoms with Crippen molar-refractivity contribution in [3.8, 4) is 0 Å². The number of carboxylic acid groups (broad SMARTS) is 1. The highest BCUT2D eigenvalue weighted by atomic mass is 32.2. The number of aromatic carboxylic acids is 1. The molecule has 0 radical (unpaired) electrons. The van der Waals surface area contributed by atoms with E-state index in [2.05, 4.69) is 51.7 Å². The number of aryl methyl sites for hydroxylation is 1. The summed E-state index contributed by atoms with van der Waals surface area (Å²) in [5, 5.41) is 9.47.